The molecule has 6 nitrogen and oxygen atoms in total. The first kappa shape index (κ1) is 19.0. The van der Waals surface area contributed by atoms with Gasteiger partial charge in [0, 0.05) is 31.3 Å². The summed E-state index contributed by atoms with van der Waals surface area (Å²) in [6, 6.07) is 6.94. The van der Waals surface area contributed by atoms with Gasteiger partial charge in [-0.2, -0.15) is 0 Å². The fourth-order valence-corrected chi connectivity index (χ4v) is 4.58. The van der Waals surface area contributed by atoms with Gasteiger partial charge in [-0.1, -0.05) is 23.7 Å². The Balaban J connectivity index is 1.88. The second-order valence-electron chi connectivity index (χ2n) is 5.85. The number of sulfone groups is 1. The molecule has 1 atom stereocenters. The number of halogens is 1. The highest BCUT2D eigenvalue weighted by atomic mass is 35.5. The summed E-state index contributed by atoms with van der Waals surface area (Å²) in [6.07, 6.45) is 1.17. The molecule has 1 aliphatic rings. The van der Waals surface area contributed by atoms with Gasteiger partial charge in [-0.15, -0.1) is 0 Å². The summed E-state index contributed by atoms with van der Waals surface area (Å²) in [7, 11) is -1.48. The zero-order valence-corrected chi connectivity index (χ0v) is 15.3. The zero-order chi connectivity index (χ0) is 17.6. The second-order valence-corrected chi connectivity index (χ2v) is 8.52. The van der Waals surface area contributed by atoms with E-state index in [1.807, 2.05) is 24.3 Å². The number of ether oxygens (including phenoxy) is 1. The predicted octanol–water partition coefficient (Wildman–Crippen LogP) is 1.73. The van der Waals surface area contributed by atoms with Crippen LogP contribution < -0.4 is 5.32 Å². The summed E-state index contributed by atoms with van der Waals surface area (Å²) in [6.45, 7) is 1.23. The first-order chi connectivity index (χ1) is 11.4. The van der Waals surface area contributed by atoms with Crippen LogP contribution in [-0.4, -0.2) is 63.7 Å². The molecule has 0 spiro atoms. The van der Waals surface area contributed by atoms with E-state index in [0.717, 1.165) is 5.56 Å². The van der Waals surface area contributed by atoms with Crippen LogP contribution in [0, 0.1) is 0 Å². The van der Waals surface area contributed by atoms with Crippen LogP contribution in [0.5, 0.6) is 0 Å². The van der Waals surface area contributed by atoms with Gasteiger partial charge in [0.05, 0.1) is 18.1 Å². The van der Waals surface area contributed by atoms with Gasteiger partial charge >= 0.3 is 6.03 Å². The zero-order valence-electron chi connectivity index (χ0n) is 13.7. The molecule has 134 valence electrons. The van der Waals surface area contributed by atoms with Crippen LogP contribution in [0.3, 0.4) is 0 Å². The lowest BCUT2D eigenvalue weighted by atomic mass is 10.1. The molecule has 1 heterocycles. The normalized spacial score (nSPS) is 19.2. The lowest BCUT2D eigenvalue weighted by Crippen LogP contribution is -2.48. The number of benzene rings is 1. The molecule has 1 N–H and O–H groups in total. The molecule has 1 saturated heterocycles. The quantitative estimate of drug-likeness (QED) is 0.788. The molecule has 0 saturated carbocycles. The topological polar surface area (TPSA) is 75.7 Å². The maximum absolute atomic E-state index is 12.4. The molecule has 1 unspecified atom stereocenters. The van der Waals surface area contributed by atoms with Crippen LogP contribution in [0.2, 0.25) is 5.02 Å². The summed E-state index contributed by atoms with van der Waals surface area (Å²) >= 11 is 5.84. The van der Waals surface area contributed by atoms with E-state index >= 15 is 0 Å². The lowest BCUT2D eigenvalue weighted by Gasteiger charge is -2.28. The van der Waals surface area contributed by atoms with Gasteiger partial charge in [-0.25, -0.2) is 13.2 Å². The number of urea groups is 1. The third-order valence-corrected chi connectivity index (χ3v) is 6.05. The van der Waals surface area contributed by atoms with E-state index in [-0.39, 0.29) is 23.6 Å². The number of hydrogen-bond donors (Lipinski definition) is 1. The molecule has 0 aliphatic carbocycles. The van der Waals surface area contributed by atoms with Crippen LogP contribution in [-0.2, 0) is 21.0 Å². The monoisotopic (exact) mass is 374 g/mol. The first-order valence-electron chi connectivity index (χ1n) is 7.89. The van der Waals surface area contributed by atoms with Crippen molar-refractivity contribution in [3.05, 3.63) is 34.9 Å². The fourth-order valence-electron chi connectivity index (χ4n) is 2.73. The fraction of sp³-hybridized carbons (Fsp3) is 0.562. The Bertz CT molecular complexity index is 649. The first-order valence-corrected chi connectivity index (χ1v) is 10.1. The van der Waals surface area contributed by atoms with Crippen molar-refractivity contribution in [1.82, 2.24) is 10.2 Å². The molecule has 1 fully saturated rings. The van der Waals surface area contributed by atoms with E-state index in [0.29, 0.717) is 37.6 Å². The minimum Gasteiger partial charge on any atom is -0.383 e. The standard InChI is InChI=1S/C16H23ClN2O4S/c1-23-10-9-19(15-7-11-24(21,22)12-15)16(20)18-8-6-13-2-4-14(17)5-3-13/h2-5,15H,6-12H2,1H3,(H,18,20). The number of carbonyl (C=O) groups excluding carboxylic acids is 1. The Kier molecular flexibility index (Phi) is 6.89. The average molecular weight is 375 g/mol. The van der Waals surface area contributed by atoms with Crippen molar-refractivity contribution >= 4 is 27.5 Å². The number of amides is 2. The Morgan fingerprint density at radius 3 is 2.67 bits per heavy atom. The number of methoxy groups -OCH3 is 1. The number of carbonyl (C=O) groups is 1. The van der Waals surface area contributed by atoms with E-state index in [4.69, 9.17) is 16.3 Å². The van der Waals surface area contributed by atoms with Crippen LogP contribution >= 0.6 is 11.6 Å². The van der Waals surface area contributed by atoms with E-state index in [1.54, 1.807) is 12.0 Å². The van der Waals surface area contributed by atoms with Crippen LogP contribution in [0.4, 0.5) is 4.79 Å². The molecular weight excluding hydrogens is 352 g/mol. The summed E-state index contributed by atoms with van der Waals surface area (Å²) < 4.78 is 28.4. The van der Waals surface area contributed by atoms with Gasteiger partial charge in [0.25, 0.3) is 0 Å². The van der Waals surface area contributed by atoms with Gasteiger partial charge < -0.3 is 15.0 Å². The number of nitrogens with zero attached hydrogens (tertiary/aromatic N) is 1. The summed E-state index contributed by atoms with van der Waals surface area (Å²) in [5.74, 6) is 0.167. The van der Waals surface area contributed by atoms with Gasteiger partial charge in [0.15, 0.2) is 9.84 Å². The molecule has 0 aromatic heterocycles. The number of hydrogen-bond acceptors (Lipinski definition) is 4. The minimum absolute atomic E-state index is 0.0291. The highest BCUT2D eigenvalue weighted by Crippen LogP contribution is 2.18. The van der Waals surface area contributed by atoms with Crippen molar-refractivity contribution in [3.8, 4) is 0 Å². The van der Waals surface area contributed by atoms with Gasteiger partial charge in [-0.05, 0) is 30.5 Å². The van der Waals surface area contributed by atoms with Gasteiger partial charge in [0.1, 0.15) is 0 Å². The van der Waals surface area contributed by atoms with Crippen LogP contribution in [0.15, 0.2) is 24.3 Å². The lowest BCUT2D eigenvalue weighted by molar-refractivity contribution is 0.134. The van der Waals surface area contributed by atoms with Crippen LogP contribution in [0.25, 0.3) is 0 Å². The minimum atomic E-state index is -3.04. The van der Waals surface area contributed by atoms with Crippen molar-refractivity contribution in [3.63, 3.8) is 0 Å². The second kappa shape index (κ2) is 8.69. The SMILES string of the molecule is COCCN(C(=O)NCCc1ccc(Cl)cc1)C1CCS(=O)(=O)C1. The maximum Gasteiger partial charge on any atom is 0.317 e. The third-order valence-electron chi connectivity index (χ3n) is 4.05. The summed E-state index contributed by atoms with van der Waals surface area (Å²) in [4.78, 5) is 14.0. The average Bonchev–Trinajstić information content (AvgIpc) is 2.89. The molecule has 0 radical (unpaired) electrons. The van der Waals surface area contributed by atoms with E-state index in [1.165, 1.54) is 0 Å². The van der Waals surface area contributed by atoms with Crippen molar-refractivity contribution < 1.29 is 17.9 Å². The smallest absolute Gasteiger partial charge is 0.317 e. The molecule has 1 aromatic rings. The van der Waals surface area contributed by atoms with Crippen molar-refractivity contribution in [2.45, 2.75) is 18.9 Å². The largest absolute Gasteiger partial charge is 0.383 e. The van der Waals surface area contributed by atoms with Crippen molar-refractivity contribution in [1.29, 1.82) is 0 Å². The molecular formula is C16H23ClN2O4S. The molecule has 2 rings (SSSR count). The van der Waals surface area contributed by atoms with E-state index in [2.05, 4.69) is 5.32 Å². The highest BCUT2D eigenvalue weighted by molar-refractivity contribution is 7.91. The van der Waals surface area contributed by atoms with Crippen molar-refractivity contribution in [2.24, 2.45) is 0 Å². The van der Waals surface area contributed by atoms with Gasteiger partial charge in [0.2, 0.25) is 0 Å². The molecule has 0 bridgehead atoms. The molecule has 24 heavy (non-hydrogen) atoms. The highest BCUT2D eigenvalue weighted by Gasteiger charge is 2.34. The molecule has 2 amide bonds. The van der Waals surface area contributed by atoms with E-state index < -0.39 is 9.84 Å². The maximum atomic E-state index is 12.4. The molecule has 8 heteroatoms. The Morgan fingerprint density at radius 2 is 2.08 bits per heavy atom. The number of nitrogens with one attached hydrogen (secondary N) is 1. The van der Waals surface area contributed by atoms with Gasteiger partial charge in [-0.3, -0.25) is 0 Å². The predicted molar refractivity (Wildman–Crippen MR) is 94.2 cm³/mol. The van der Waals surface area contributed by atoms with E-state index in [9.17, 15) is 13.2 Å². The van der Waals surface area contributed by atoms with Crippen molar-refractivity contribution in [2.75, 3.05) is 38.3 Å². The summed E-state index contributed by atoms with van der Waals surface area (Å²) in [5.41, 5.74) is 1.08. The third kappa shape index (κ3) is 5.65. The van der Waals surface area contributed by atoms with Crippen LogP contribution in [0.1, 0.15) is 12.0 Å². The Labute approximate surface area is 148 Å². The molecule has 1 aromatic carbocycles. The number of rotatable bonds is 7. The Morgan fingerprint density at radius 1 is 1.38 bits per heavy atom. The summed E-state index contributed by atoms with van der Waals surface area (Å²) in [5, 5.41) is 3.54. The molecule has 1 aliphatic heterocycles. The Hall–Kier alpha value is -1.31.